The molecule has 0 saturated heterocycles. The minimum Gasteiger partial charge on any atom is -0.337 e. The van der Waals surface area contributed by atoms with Crippen molar-refractivity contribution in [3.05, 3.63) is 48.1 Å². The number of nitrogens with one attached hydrogen (secondary N) is 1. The van der Waals surface area contributed by atoms with Crippen LogP contribution in [0.4, 0.5) is 4.39 Å². The van der Waals surface area contributed by atoms with Gasteiger partial charge in [-0.1, -0.05) is 0 Å². The van der Waals surface area contributed by atoms with Gasteiger partial charge in [-0.2, -0.15) is 0 Å². The summed E-state index contributed by atoms with van der Waals surface area (Å²) in [5.41, 5.74) is 0.865. The zero-order chi connectivity index (χ0) is 15.2. The molecule has 0 aliphatic heterocycles. The van der Waals surface area contributed by atoms with Gasteiger partial charge in [-0.15, -0.1) is 0 Å². The van der Waals surface area contributed by atoms with Gasteiger partial charge in [0.25, 0.3) is 0 Å². The van der Waals surface area contributed by atoms with E-state index in [0.29, 0.717) is 0 Å². The molecule has 0 aliphatic carbocycles. The van der Waals surface area contributed by atoms with Gasteiger partial charge < -0.3 is 9.88 Å². The Labute approximate surface area is 124 Å². The molecular formula is C15H22FN5. The van der Waals surface area contributed by atoms with Gasteiger partial charge in [0.15, 0.2) is 0 Å². The van der Waals surface area contributed by atoms with Crippen molar-refractivity contribution in [1.29, 1.82) is 0 Å². The molecule has 1 unspecified atom stereocenters. The van der Waals surface area contributed by atoms with Crippen molar-refractivity contribution in [2.24, 2.45) is 7.05 Å². The molecular weight excluding hydrogens is 269 g/mol. The van der Waals surface area contributed by atoms with E-state index < -0.39 is 0 Å². The molecule has 2 rings (SSSR count). The number of rotatable bonds is 7. The summed E-state index contributed by atoms with van der Waals surface area (Å²) in [6, 6.07) is 3.30. The number of nitrogens with zero attached hydrogens (tertiary/aromatic N) is 4. The van der Waals surface area contributed by atoms with Crippen molar-refractivity contribution in [2.45, 2.75) is 19.0 Å². The Morgan fingerprint density at radius 1 is 1.38 bits per heavy atom. The molecule has 5 nitrogen and oxygen atoms in total. The van der Waals surface area contributed by atoms with Crippen LogP contribution < -0.4 is 5.32 Å². The van der Waals surface area contributed by atoms with Gasteiger partial charge in [-0.25, -0.2) is 9.37 Å². The van der Waals surface area contributed by atoms with Crippen LogP contribution in [0.5, 0.6) is 0 Å². The lowest BCUT2D eigenvalue weighted by Crippen LogP contribution is -2.26. The van der Waals surface area contributed by atoms with Crippen LogP contribution in [0.3, 0.4) is 0 Å². The monoisotopic (exact) mass is 291 g/mol. The second-order valence-corrected chi connectivity index (χ2v) is 5.22. The number of hydrogen-bond donors (Lipinski definition) is 1. The molecule has 0 bridgehead atoms. The first-order valence-corrected chi connectivity index (χ1v) is 7.03. The fraction of sp³-hybridized carbons (Fsp3) is 0.467. The predicted octanol–water partition coefficient (Wildman–Crippen LogP) is 1.74. The van der Waals surface area contributed by atoms with E-state index in [4.69, 9.17) is 0 Å². The van der Waals surface area contributed by atoms with Crippen molar-refractivity contribution >= 4 is 0 Å². The summed E-state index contributed by atoms with van der Waals surface area (Å²) in [6.07, 6.45) is 5.91. The van der Waals surface area contributed by atoms with Crippen molar-refractivity contribution in [2.75, 3.05) is 20.6 Å². The van der Waals surface area contributed by atoms with Crippen LogP contribution in [0.25, 0.3) is 0 Å². The predicted molar refractivity (Wildman–Crippen MR) is 80.2 cm³/mol. The molecule has 2 aromatic rings. The van der Waals surface area contributed by atoms with Gasteiger partial charge in [0.05, 0.1) is 24.5 Å². The average Bonchev–Trinajstić information content (AvgIpc) is 2.87. The summed E-state index contributed by atoms with van der Waals surface area (Å²) < 4.78 is 14.9. The molecule has 0 fully saturated rings. The third kappa shape index (κ3) is 4.34. The zero-order valence-electron chi connectivity index (χ0n) is 12.8. The van der Waals surface area contributed by atoms with Gasteiger partial charge in [0, 0.05) is 26.0 Å². The zero-order valence-corrected chi connectivity index (χ0v) is 12.8. The molecule has 1 atom stereocenters. The lowest BCUT2D eigenvalue weighted by Gasteiger charge is -2.21. The number of aryl methyl sites for hydroxylation is 1. The first-order valence-electron chi connectivity index (χ1n) is 7.03. The fourth-order valence-corrected chi connectivity index (χ4v) is 2.25. The number of imidazole rings is 1. The Morgan fingerprint density at radius 2 is 2.19 bits per heavy atom. The van der Waals surface area contributed by atoms with E-state index in [1.165, 1.54) is 12.3 Å². The molecule has 2 aromatic heterocycles. The van der Waals surface area contributed by atoms with Crippen molar-refractivity contribution in [3.63, 3.8) is 0 Å². The van der Waals surface area contributed by atoms with Gasteiger partial charge in [0.1, 0.15) is 11.6 Å². The first-order chi connectivity index (χ1) is 10.1. The Kier molecular flexibility index (Phi) is 5.41. The third-order valence-electron chi connectivity index (χ3n) is 3.59. The summed E-state index contributed by atoms with van der Waals surface area (Å²) in [4.78, 5) is 10.7. The highest BCUT2D eigenvalue weighted by molar-refractivity contribution is 5.09. The Morgan fingerprint density at radius 3 is 2.76 bits per heavy atom. The summed E-state index contributed by atoms with van der Waals surface area (Å²) >= 11 is 0. The summed E-state index contributed by atoms with van der Waals surface area (Å²) in [5.74, 6) is 0.735. The molecule has 0 amide bonds. The fourth-order valence-electron chi connectivity index (χ4n) is 2.25. The van der Waals surface area contributed by atoms with Crippen LogP contribution in [-0.2, 0) is 13.6 Å². The van der Waals surface area contributed by atoms with Gasteiger partial charge in [-0.05, 0) is 32.6 Å². The molecule has 2 heterocycles. The molecule has 0 aliphatic rings. The average molecular weight is 291 g/mol. The van der Waals surface area contributed by atoms with Gasteiger partial charge >= 0.3 is 0 Å². The first kappa shape index (κ1) is 15.6. The van der Waals surface area contributed by atoms with Crippen molar-refractivity contribution in [3.8, 4) is 0 Å². The summed E-state index contributed by atoms with van der Waals surface area (Å²) in [7, 11) is 5.96. The van der Waals surface area contributed by atoms with Crippen LogP contribution in [-0.4, -0.2) is 40.1 Å². The molecule has 0 saturated carbocycles. The standard InChI is InChI=1S/C15H22FN5/c1-17-13(14-5-4-12(16)10-19-14)6-8-20(2)11-15-18-7-9-21(15)3/h4-5,7,9-10,13,17H,6,8,11H2,1-3H3. The lowest BCUT2D eigenvalue weighted by atomic mass is 10.1. The van der Waals surface area contributed by atoms with Crippen LogP contribution >= 0.6 is 0 Å². The quantitative estimate of drug-likeness (QED) is 0.844. The molecule has 0 radical (unpaired) electrons. The maximum Gasteiger partial charge on any atom is 0.141 e. The van der Waals surface area contributed by atoms with Crippen molar-refractivity contribution < 1.29 is 4.39 Å². The Balaban J connectivity index is 1.88. The van der Waals surface area contributed by atoms with Gasteiger partial charge in [-0.3, -0.25) is 9.88 Å². The van der Waals surface area contributed by atoms with E-state index in [-0.39, 0.29) is 11.9 Å². The van der Waals surface area contributed by atoms with E-state index in [2.05, 4.69) is 27.2 Å². The highest BCUT2D eigenvalue weighted by Gasteiger charge is 2.12. The largest absolute Gasteiger partial charge is 0.337 e. The van der Waals surface area contributed by atoms with Crippen LogP contribution in [0.2, 0.25) is 0 Å². The highest BCUT2D eigenvalue weighted by Crippen LogP contribution is 2.15. The normalized spacial score (nSPS) is 12.8. The Hall–Kier alpha value is -1.79. The second kappa shape index (κ2) is 7.28. The maximum atomic E-state index is 12.9. The van der Waals surface area contributed by atoms with Crippen LogP contribution in [0.15, 0.2) is 30.7 Å². The molecule has 0 aromatic carbocycles. The third-order valence-corrected chi connectivity index (χ3v) is 3.59. The van der Waals surface area contributed by atoms with Gasteiger partial charge in [0.2, 0.25) is 0 Å². The Bertz CT molecular complexity index is 551. The topological polar surface area (TPSA) is 46.0 Å². The number of hydrogen-bond acceptors (Lipinski definition) is 4. The minimum atomic E-state index is -0.305. The number of aromatic nitrogens is 3. The smallest absolute Gasteiger partial charge is 0.141 e. The summed E-state index contributed by atoms with van der Waals surface area (Å²) in [6.45, 7) is 1.70. The number of pyridine rings is 1. The minimum absolute atomic E-state index is 0.120. The van der Waals surface area contributed by atoms with Crippen LogP contribution in [0.1, 0.15) is 24.0 Å². The summed E-state index contributed by atoms with van der Waals surface area (Å²) in [5, 5.41) is 3.23. The van der Waals surface area contributed by atoms with E-state index in [0.717, 1.165) is 31.0 Å². The molecule has 0 spiro atoms. The second-order valence-electron chi connectivity index (χ2n) is 5.22. The van der Waals surface area contributed by atoms with Crippen LogP contribution in [0, 0.1) is 5.82 Å². The molecule has 1 N–H and O–H groups in total. The SMILES string of the molecule is CNC(CCN(C)Cc1nccn1C)c1ccc(F)cn1. The lowest BCUT2D eigenvalue weighted by molar-refractivity contribution is 0.293. The van der Waals surface area contributed by atoms with E-state index in [9.17, 15) is 4.39 Å². The van der Waals surface area contributed by atoms with E-state index >= 15 is 0 Å². The van der Waals surface area contributed by atoms with Crippen molar-refractivity contribution in [1.82, 2.24) is 24.8 Å². The van der Waals surface area contributed by atoms with E-state index in [1.54, 1.807) is 6.07 Å². The molecule has 21 heavy (non-hydrogen) atoms. The van der Waals surface area contributed by atoms with E-state index in [1.807, 2.05) is 31.1 Å². The maximum absolute atomic E-state index is 12.9. The molecule has 6 heteroatoms. The highest BCUT2D eigenvalue weighted by atomic mass is 19.1. The molecule has 114 valence electrons. The number of halogens is 1.